The van der Waals surface area contributed by atoms with E-state index in [4.69, 9.17) is 4.74 Å². The van der Waals surface area contributed by atoms with Crippen molar-refractivity contribution in [2.75, 3.05) is 13.2 Å². The molecular weight excluding hydrogens is 423 g/mol. The van der Waals surface area contributed by atoms with Crippen LogP contribution in [0.15, 0.2) is 71.8 Å². The zero-order chi connectivity index (χ0) is 22.8. The molecule has 33 heavy (non-hydrogen) atoms. The van der Waals surface area contributed by atoms with Crippen LogP contribution in [0, 0.1) is 5.82 Å². The van der Waals surface area contributed by atoms with Gasteiger partial charge in [0, 0.05) is 32.1 Å². The second-order valence-electron chi connectivity index (χ2n) is 8.13. The minimum Gasteiger partial charge on any atom is -0.376 e. The van der Waals surface area contributed by atoms with Crippen molar-refractivity contribution in [2.45, 2.75) is 25.5 Å². The van der Waals surface area contributed by atoms with E-state index >= 15 is 0 Å². The maximum Gasteiger partial charge on any atom is 0.282 e. The second kappa shape index (κ2) is 8.99. The molecule has 2 aromatic rings. The van der Waals surface area contributed by atoms with E-state index in [9.17, 15) is 14.0 Å². The summed E-state index contributed by atoms with van der Waals surface area (Å²) in [5.74, 6) is -0.638. The minimum absolute atomic E-state index is 0.00330. The van der Waals surface area contributed by atoms with Crippen molar-refractivity contribution in [2.24, 2.45) is 0 Å². The average molecular weight is 446 g/mol. The first-order valence-corrected chi connectivity index (χ1v) is 10.9. The van der Waals surface area contributed by atoms with Crippen molar-refractivity contribution in [1.82, 2.24) is 19.7 Å². The number of fused-ring (bicyclic) bond motifs is 1. The standard InChI is InChI=1S/C25H23FN4O3/c26-18-10-8-17(9-11-18)14-29-15-21(24(31)27-13-20-7-4-12-33-20)23-22(16-29)25(32)30(28-23)19-5-2-1-3-6-19/h1-3,5-6,8-11,15-16,20H,4,7,12-14H2,(H,27,31)/t20-/m1/s1. The molecule has 1 fully saturated rings. The Bertz CT molecular complexity index is 1290. The largest absolute Gasteiger partial charge is 0.376 e. The van der Waals surface area contributed by atoms with Crippen molar-refractivity contribution >= 4 is 5.91 Å². The van der Waals surface area contributed by atoms with Crippen molar-refractivity contribution in [3.8, 4) is 16.9 Å². The van der Waals surface area contributed by atoms with E-state index in [0.717, 1.165) is 18.4 Å². The molecule has 0 unspecified atom stereocenters. The number of hydrogen-bond donors (Lipinski definition) is 1. The number of nitrogens with one attached hydrogen (secondary N) is 1. The molecular formula is C25H23FN4O3. The lowest BCUT2D eigenvalue weighted by Crippen LogP contribution is -2.32. The summed E-state index contributed by atoms with van der Waals surface area (Å²) >= 11 is 0. The van der Waals surface area contributed by atoms with Gasteiger partial charge in [-0.2, -0.15) is 9.78 Å². The summed E-state index contributed by atoms with van der Waals surface area (Å²) in [6, 6.07) is 15.2. The Kier molecular flexibility index (Phi) is 5.75. The molecule has 0 saturated carbocycles. The Morgan fingerprint density at radius 2 is 1.91 bits per heavy atom. The molecule has 0 aliphatic carbocycles. The Balaban J connectivity index is 1.55. The van der Waals surface area contributed by atoms with Crippen LogP contribution in [-0.2, 0) is 11.3 Å². The van der Waals surface area contributed by atoms with Crippen LogP contribution in [0.3, 0.4) is 0 Å². The molecule has 2 aromatic carbocycles. The van der Waals surface area contributed by atoms with Gasteiger partial charge in [-0.25, -0.2) is 4.39 Å². The zero-order valence-corrected chi connectivity index (χ0v) is 17.9. The first-order valence-electron chi connectivity index (χ1n) is 10.9. The van der Waals surface area contributed by atoms with Gasteiger partial charge in [0.1, 0.15) is 11.5 Å². The number of para-hydroxylation sites is 1. The number of rotatable bonds is 6. The molecule has 0 spiro atoms. The minimum atomic E-state index is -0.320. The van der Waals surface area contributed by atoms with Crippen molar-refractivity contribution in [3.63, 3.8) is 0 Å². The third kappa shape index (κ3) is 4.42. The van der Waals surface area contributed by atoms with E-state index in [1.54, 1.807) is 41.2 Å². The van der Waals surface area contributed by atoms with Gasteiger partial charge in [0.05, 0.1) is 22.9 Å². The predicted octanol–water partition coefficient (Wildman–Crippen LogP) is 3.24. The highest BCUT2D eigenvalue weighted by atomic mass is 19.1. The lowest BCUT2D eigenvalue weighted by Gasteiger charge is -2.14. The van der Waals surface area contributed by atoms with E-state index in [-0.39, 0.29) is 23.4 Å². The van der Waals surface area contributed by atoms with Gasteiger partial charge in [0.2, 0.25) is 0 Å². The van der Waals surface area contributed by atoms with E-state index in [2.05, 4.69) is 10.4 Å². The zero-order valence-electron chi connectivity index (χ0n) is 17.9. The Morgan fingerprint density at radius 3 is 2.64 bits per heavy atom. The fourth-order valence-corrected chi connectivity index (χ4v) is 4.07. The van der Waals surface area contributed by atoms with Gasteiger partial charge >= 0.3 is 0 Å². The maximum atomic E-state index is 13.3. The monoisotopic (exact) mass is 446 g/mol. The quantitative estimate of drug-likeness (QED) is 0.493. The van der Waals surface area contributed by atoms with Crippen LogP contribution in [0.2, 0.25) is 0 Å². The molecule has 0 aromatic heterocycles. The number of carbonyl (C=O) groups is 1. The predicted molar refractivity (Wildman–Crippen MR) is 121 cm³/mol. The molecule has 5 rings (SSSR count). The molecule has 1 amide bonds. The van der Waals surface area contributed by atoms with Crippen LogP contribution in [0.4, 0.5) is 4.39 Å². The molecule has 3 aliphatic rings. The van der Waals surface area contributed by atoms with Crippen molar-refractivity contribution in [3.05, 3.63) is 94.3 Å². The Hall–Kier alpha value is -3.78. The summed E-state index contributed by atoms with van der Waals surface area (Å²) in [5, 5.41) is 7.41. The summed E-state index contributed by atoms with van der Waals surface area (Å²) in [5.41, 5.74) is 2.14. The maximum absolute atomic E-state index is 13.3. The molecule has 1 N–H and O–H groups in total. The van der Waals surface area contributed by atoms with Crippen molar-refractivity contribution < 1.29 is 13.9 Å². The van der Waals surface area contributed by atoms with Gasteiger partial charge in [0.25, 0.3) is 11.5 Å². The lowest BCUT2D eigenvalue weighted by atomic mass is 10.1. The summed E-state index contributed by atoms with van der Waals surface area (Å²) in [7, 11) is 0. The Labute approximate surface area is 189 Å². The van der Waals surface area contributed by atoms with Crippen LogP contribution in [0.1, 0.15) is 28.8 Å². The van der Waals surface area contributed by atoms with Crippen LogP contribution >= 0.6 is 0 Å². The SMILES string of the molecule is O=C(NC[C@H]1CCCO1)c1cn(Cc2ccc(F)cc2)cc2c(=O)n(-c3ccccc3)nc1-2. The van der Waals surface area contributed by atoms with E-state index in [1.165, 1.54) is 16.8 Å². The molecule has 1 atom stereocenters. The average Bonchev–Trinajstić information content (AvgIpc) is 3.47. The summed E-state index contributed by atoms with van der Waals surface area (Å²) in [6.07, 6.45) is 5.25. The molecule has 3 heterocycles. The van der Waals surface area contributed by atoms with Crippen LogP contribution in [0.25, 0.3) is 16.9 Å². The van der Waals surface area contributed by atoms with Gasteiger partial charge in [-0.1, -0.05) is 30.3 Å². The molecule has 168 valence electrons. The fraction of sp³-hybridized carbons (Fsp3) is 0.240. The van der Waals surface area contributed by atoms with Gasteiger partial charge < -0.3 is 14.6 Å². The number of amides is 1. The lowest BCUT2D eigenvalue weighted by molar-refractivity contribution is 0.0857. The van der Waals surface area contributed by atoms with E-state index < -0.39 is 0 Å². The first kappa shape index (κ1) is 21.1. The highest BCUT2D eigenvalue weighted by Gasteiger charge is 2.25. The molecule has 0 radical (unpaired) electrons. The van der Waals surface area contributed by atoms with Crippen LogP contribution in [-0.4, -0.2) is 39.5 Å². The summed E-state index contributed by atoms with van der Waals surface area (Å²) < 4.78 is 22.0. The molecule has 3 aliphatic heterocycles. The summed E-state index contributed by atoms with van der Waals surface area (Å²) in [6.45, 7) is 1.48. The normalized spacial score (nSPS) is 15.7. The molecule has 8 heteroatoms. The van der Waals surface area contributed by atoms with Gasteiger partial charge in [-0.3, -0.25) is 9.59 Å². The number of pyridine rings is 1. The second-order valence-corrected chi connectivity index (χ2v) is 8.13. The van der Waals surface area contributed by atoms with Crippen LogP contribution in [0.5, 0.6) is 0 Å². The topological polar surface area (TPSA) is 78.1 Å². The number of ether oxygens (including phenoxy) is 1. The Morgan fingerprint density at radius 1 is 1.12 bits per heavy atom. The van der Waals surface area contributed by atoms with Gasteiger partial charge in [-0.15, -0.1) is 0 Å². The number of aromatic nitrogens is 3. The molecule has 0 bridgehead atoms. The van der Waals surface area contributed by atoms with E-state index in [0.29, 0.717) is 42.2 Å². The van der Waals surface area contributed by atoms with E-state index in [1.807, 2.05) is 18.2 Å². The third-order valence-electron chi connectivity index (χ3n) is 5.76. The van der Waals surface area contributed by atoms with Gasteiger partial charge in [0.15, 0.2) is 0 Å². The van der Waals surface area contributed by atoms with Gasteiger partial charge in [-0.05, 0) is 42.7 Å². The fourth-order valence-electron chi connectivity index (χ4n) is 4.07. The summed E-state index contributed by atoms with van der Waals surface area (Å²) in [4.78, 5) is 26.3. The number of nitrogens with zero attached hydrogens (tertiary/aromatic N) is 3. The highest BCUT2D eigenvalue weighted by Crippen LogP contribution is 2.23. The smallest absolute Gasteiger partial charge is 0.282 e. The number of halogens is 1. The highest BCUT2D eigenvalue weighted by molar-refractivity contribution is 5.99. The first-order chi connectivity index (χ1) is 16.1. The van der Waals surface area contributed by atoms with Crippen molar-refractivity contribution in [1.29, 1.82) is 0 Å². The van der Waals surface area contributed by atoms with Crippen LogP contribution < -0.4 is 10.9 Å². The number of hydrogen-bond acceptors (Lipinski definition) is 4. The number of carbonyl (C=O) groups excluding carboxylic acids is 1. The molecule has 1 saturated heterocycles. The third-order valence-corrected chi connectivity index (χ3v) is 5.76. The molecule has 7 nitrogen and oxygen atoms in total. The number of benzene rings is 2.